The summed E-state index contributed by atoms with van der Waals surface area (Å²) in [6, 6.07) is 19.6. The van der Waals surface area contributed by atoms with Crippen LogP contribution in [0.2, 0.25) is 0 Å². The standard InChI is InChI=1S/C21H20N4O2.C16H11N3O2.C4H9N.CH2O/c26-20-16-5-1-2-6-17(16)21(27)25(20)13-14-7-8-22-19-18(14)15(11-23-19)12-24-9-3-4-10-24;20-15-12-3-1-2-4-13(12)16(21)19(15)9-10-5-7-17-14-11(10)6-8-18-14;1-2-4-5-3-1;1-2/h1-2,5-8,11H,3-4,9-10,12-13H2,(H,22,23);1-8H,9H2,(H,17,18);5H,1-4H2;1H2. The first-order valence-corrected chi connectivity index (χ1v) is 18.4. The van der Waals surface area contributed by atoms with Crippen LogP contribution in [0.4, 0.5) is 0 Å². The maximum absolute atomic E-state index is 12.7. The minimum absolute atomic E-state index is 0.225. The number of aromatic nitrogens is 4. The normalized spacial score (nSPS) is 16.1. The third kappa shape index (κ3) is 7.57. The quantitative estimate of drug-likeness (QED) is 0.187. The highest BCUT2D eigenvalue weighted by atomic mass is 16.2. The van der Waals surface area contributed by atoms with Crippen LogP contribution in [0.1, 0.15) is 83.8 Å². The van der Waals surface area contributed by atoms with Gasteiger partial charge in [-0.1, -0.05) is 24.3 Å². The second-order valence-electron chi connectivity index (χ2n) is 13.6. The molecule has 0 radical (unpaired) electrons. The van der Waals surface area contributed by atoms with Gasteiger partial charge in [0, 0.05) is 42.1 Å². The van der Waals surface area contributed by atoms with Gasteiger partial charge in [0.2, 0.25) is 0 Å². The highest BCUT2D eigenvalue weighted by Crippen LogP contribution is 2.29. The van der Waals surface area contributed by atoms with Crippen LogP contribution in [0.5, 0.6) is 0 Å². The average Bonchev–Trinajstić information content (AvgIpc) is 4.10. The Labute approximate surface area is 317 Å². The van der Waals surface area contributed by atoms with Gasteiger partial charge in [0.15, 0.2) is 0 Å². The van der Waals surface area contributed by atoms with Gasteiger partial charge < -0.3 is 20.1 Å². The van der Waals surface area contributed by atoms with Crippen molar-refractivity contribution in [3.63, 3.8) is 0 Å². The Morgan fingerprint density at radius 3 is 1.60 bits per heavy atom. The summed E-state index contributed by atoms with van der Waals surface area (Å²) in [7, 11) is 0. The minimum Gasteiger partial charge on any atom is -0.346 e. The number of likely N-dealkylation sites (tertiary alicyclic amines) is 1. The SMILES string of the molecule is C1CCNC1.C=O.O=C1c2ccccc2C(=O)N1Cc1ccnc2[nH]cc(CN3CCCC3)c12.O=C1c2ccccc2C(=O)N1Cc1ccnc2[nH]ccc12. The van der Waals surface area contributed by atoms with Gasteiger partial charge >= 0.3 is 0 Å². The molecule has 0 bridgehead atoms. The van der Waals surface area contributed by atoms with Crippen LogP contribution < -0.4 is 5.32 Å². The first-order chi connectivity index (χ1) is 27.0. The van der Waals surface area contributed by atoms with E-state index in [1.807, 2.05) is 31.2 Å². The molecule has 4 aliphatic rings. The maximum Gasteiger partial charge on any atom is 0.261 e. The lowest BCUT2D eigenvalue weighted by Gasteiger charge is -2.17. The number of amides is 4. The van der Waals surface area contributed by atoms with E-state index in [0.29, 0.717) is 22.3 Å². The van der Waals surface area contributed by atoms with Crippen LogP contribution in [0.25, 0.3) is 22.1 Å². The zero-order valence-corrected chi connectivity index (χ0v) is 30.4. The molecule has 0 unspecified atom stereocenters. The molecule has 4 aliphatic heterocycles. The molecular weight excluding hydrogens is 697 g/mol. The monoisotopic (exact) mass is 738 g/mol. The van der Waals surface area contributed by atoms with E-state index in [2.05, 4.69) is 30.2 Å². The number of imide groups is 2. The highest BCUT2D eigenvalue weighted by Gasteiger charge is 2.36. The number of rotatable bonds is 6. The summed E-state index contributed by atoms with van der Waals surface area (Å²) >= 11 is 0. The van der Waals surface area contributed by atoms with E-state index < -0.39 is 0 Å². The van der Waals surface area contributed by atoms with Crippen LogP contribution in [0.15, 0.2) is 91.5 Å². The average molecular weight is 739 g/mol. The smallest absolute Gasteiger partial charge is 0.261 e. The lowest BCUT2D eigenvalue weighted by Crippen LogP contribution is -2.29. The molecule has 280 valence electrons. The Kier molecular flexibility index (Phi) is 11.3. The fourth-order valence-corrected chi connectivity index (χ4v) is 7.52. The zero-order chi connectivity index (χ0) is 38.3. The van der Waals surface area contributed by atoms with Crippen molar-refractivity contribution in [3.05, 3.63) is 130 Å². The molecule has 4 aromatic heterocycles. The summed E-state index contributed by atoms with van der Waals surface area (Å²) in [5, 5.41) is 5.18. The number of H-pyrrole nitrogens is 2. The Morgan fingerprint density at radius 1 is 0.564 bits per heavy atom. The van der Waals surface area contributed by atoms with E-state index in [1.165, 1.54) is 54.1 Å². The number of carbonyl (C=O) groups excluding carboxylic acids is 5. The molecule has 6 aromatic rings. The van der Waals surface area contributed by atoms with Crippen molar-refractivity contribution < 1.29 is 24.0 Å². The van der Waals surface area contributed by atoms with Crippen molar-refractivity contribution in [3.8, 4) is 0 Å². The summed E-state index contributed by atoms with van der Waals surface area (Å²) in [5.41, 5.74) is 6.50. The lowest BCUT2D eigenvalue weighted by molar-refractivity contribution is -0.0980. The second-order valence-corrected chi connectivity index (χ2v) is 13.6. The van der Waals surface area contributed by atoms with Gasteiger partial charge in [0.1, 0.15) is 18.1 Å². The first kappa shape index (κ1) is 37.0. The van der Waals surface area contributed by atoms with E-state index in [4.69, 9.17) is 4.79 Å². The number of nitrogens with zero attached hydrogens (tertiary/aromatic N) is 5. The number of carbonyl (C=O) groups is 5. The van der Waals surface area contributed by atoms with Crippen LogP contribution >= 0.6 is 0 Å². The molecule has 2 fully saturated rings. The van der Waals surface area contributed by atoms with Gasteiger partial charge in [0.05, 0.1) is 35.3 Å². The van der Waals surface area contributed by atoms with Crippen molar-refractivity contribution in [2.45, 2.75) is 45.3 Å². The number of hydrogen-bond acceptors (Lipinski definition) is 9. The molecule has 0 saturated carbocycles. The second kappa shape index (κ2) is 16.8. The number of hydrogen-bond donors (Lipinski definition) is 3. The topological polar surface area (TPSA) is 164 Å². The van der Waals surface area contributed by atoms with Crippen LogP contribution in [-0.2, 0) is 24.4 Å². The number of aromatic amines is 2. The third-order valence-electron chi connectivity index (χ3n) is 10.3. The van der Waals surface area contributed by atoms with Gasteiger partial charge in [-0.15, -0.1) is 0 Å². The molecule has 0 atom stereocenters. The third-order valence-corrected chi connectivity index (χ3v) is 10.3. The molecule has 4 amide bonds. The summed E-state index contributed by atoms with van der Waals surface area (Å²) in [4.78, 5) is 78.1. The molecular formula is C42H42N8O5. The summed E-state index contributed by atoms with van der Waals surface area (Å²) < 4.78 is 0. The fraction of sp³-hybridized carbons (Fsp3) is 0.262. The molecule has 0 spiro atoms. The molecule has 3 N–H and O–H groups in total. The van der Waals surface area contributed by atoms with Crippen LogP contribution in [0, 0.1) is 0 Å². The summed E-state index contributed by atoms with van der Waals surface area (Å²) in [6.45, 7) is 8.10. The first-order valence-electron chi connectivity index (χ1n) is 18.4. The van der Waals surface area contributed by atoms with Crippen molar-refractivity contribution in [1.82, 2.24) is 40.0 Å². The summed E-state index contributed by atoms with van der Waals surface area (Å²) in [6.07, 6.45) is 12.5. The molecule has 10 rings (SSSR count). The molecule has 2 aromatic carbocycles. The minimum atomic E-state index is -0.240. The Balaban J connectivity index is 0.000000147. The fourth-order valence-electron chi connectivity index (χ4n) is 7.52. The van der Waals surface area contributed by atoms with Crippen molar-refractivity contribution in [1.29, 1.82) is 0 Å². The highest BCUT2D eigenvalue weighted by molar-refractivity contribution is 6.22. The van der Waals surface area contributed by atoms with Gasteiger partial charge in [-0.25, -0.2) is 9.97 Å². The molecule has 13 nitrogen and oxygen atoms in total. The predicted molar refractivity (Wildman–Crippen MR) is 207 cm³/mol. The molecule has 13 heteroatoms. The van der Waals surface area contributed by atoms with Gasteiger partial charge in [0.25, 0.3) is 23.6 Å². The largest absolute Gasteiger partial charge is 0.346 e. The van der Waals surface area contributed by atoms with Gasteiger partial charge in [-0.05, 0) is 111 Å². The Bertz CT molecular complexity index is 2280. The lowest BCUT2D eigenvalue weighted by atomic mass is 10.1. The van der Waals surface area contributed by atoms with E-state index in [9.17, 15) is 19.2 Å². The Morgan fingerprint density at radius 2 is 1.07 bits per heavy atom. The molecule has 55 heavy (non-hydrogen) atoms. The number of benzene rings is 2. The molecule has 0 aliphatic carbocycles. The molecule has 8 heterocycles. The number of nitrogens with one attached hydrogen (secondary N) is 3. The van der Waals surface area contributed by atoms with E-state index in [1.54, 1.807) is 67.1 Å². The number of fused-ring (bicyclic) bond motifs is 4. The van der Waals surface area contributed by atoms with Crippen LogP contribution in [0.3, 0.4) is 0 Å². The van der Waals surface area contributed by atoms with E-state index >= 15 is 0 Å². The zero-order valence-electron chi connectivity index (χ0n) is 30.4. The number of pyridine rings is 2. The predicted octanol–water partition coefficient (Wildman–Crippen LogP) is 5.50. The van der Waals surface area contributed by atoms with Gasteiger partial charge in [-0.3, -0.25) is 33.9 Å². The van der Waals surface area contributed by atoms with Crippen molar-refractivity contribution in [2.24, 2.45) is 0 Å². The van der Waals surface area contributed by atoms with Crippen LogP contribution in [-0.4, -0.2) is 91.2 Å². The molecule has 2 saturated heterocycles. The summed E-state index contributed by atoms with van der Waals surface area (Å²) in [5.74, 6) is -0.929. The van der Waals surface area contributed by atoms with E-state index in [0.717, 1.165) is 52.8 Å². The van der Waals surface area contributed by atoms with Crippen molar-refractivity contribution >= 4 is 52.5 Å². The van der Waals surface area contributed by atoms with E-state index in [-0.39, 0.29) is 36.7 Å². The van der Waals surface area contributed by atoms with Gasteiger partial charge in [-0.2, -0.15) is 0 Å². The Hall–Kier alpha value is -6.31. The van der Waals surface area contributed by atoms with Crippen molar-refractivity contribution in [2.75, 3.05) is 26.2 Å². The maximum atomic E-state index is 12.7.